The maximum atomic E-state index is 12.1. The number of aromatic nitrogens is 2. The molecule has 0 spiro atoms. The highest BCUT2D eigenvalue weighted by Crippen LogP contribution is 2.24. The molecule has 1 fully saturated rings. The Morgan fingerprint density at radius 2 is 2.04 bits per heavy atom. The molecule has 0 radical (unpaired) electrons. The van der Waals surface area contributed by atoms with E-state index in [1.165, 1.54) is 16.7 Å². The van der Waals surface area contributed by atoms with Crippen LogP contribution in [0.1, 0.15) is 38.1 Å². The number of thioether (sulfide) groups is 1. The Kier molecular flexibility index (Phi) is 6.61. The third-order valence-corrected chi connectivity index (χ3v) is 4.59. The molecule has 1 N–H and O–H groups in total. The molecule has 1 aromatic rings. The van der Waals surface area contributed by atoms with Crippen molar-refractivity contribution in [2.75, 3.05) is 33.4 Å². The lowest BCUT2D eigenvalue weighted by Gasteiger charge is -2.18. The largest absolute Gasteiger partial charge is 0.414 e. The van der Waals surface area contributed by atoms with Gasteiger partial charge in [-0.2, -0.15) is 0 Å². The lowest BCUT2D eigenvalue weighted by atomic mass is 10.2. The molecule has 1 aromatic heterocycles. The summed E-state index contributed by atoms with van der Waals surface area (Å²) in [6.07, 6.45) is 2.92. The molecule has 0 saturated heterocycles. The number of nitrogens with one attached hydrogen (secondary N) is 1. The average molecular weight is 355 g/mol. The fraction of sp³-hybridized carbons (Fsp3) is 0.733. The Morgan fingerprint density at radius 3 is 2.62 bits per heavy atom. The van der Waals surface area contributed by atoms with Crippen LogP contribution in [-0.2, 0) is 9.59 Å². The number of rotatable bonds is 9. The second-order valence-corrected chi connectivity index (χ2v) is 7.10. The minimum absolute atomic E-state index is 0.0661. The molecule has 1 atom stereocenters. The SMILES string of the molecule is CC[C@@H](c1nnc(SCC(=O)N(C)CC(=O)NC2CC2)o1)N(C)C. The topological polar surface area (TPSA) is 91.6 Å². The second kappa shape index (κ2) is 8.48. The average Bonchev–Trinajstić information content (AvgIpc) is 3.21. The maximum Gasteiger partial charge on any atom is 0.277 e. The van der Waals surface area contributed by atoms with Crippen LogP contribution in [0, 0.1) is 0 Å². The number of carbonyl (C=O) groups is 2. The van der Waals surface area contributed by atoms with Crippen molar-refractivity contribution in [1.29, 1.82) is 0 Å². The van der Waals surface area contributed by atoms with E-state index in [0.717, 1.165) is 19.3 Å². The van der Waals surface area contributed by atoms with Crippen molar-refractivity contribution in [3.63, 3.8) is 0 Å². The van der Waals surface area contributed by atoms with Gasteiger partial charge in [0.1, 0.15) is 0 Å². The van der Waals surface area contributed by atoms with E-state index in [4.69, 9.17) is 4.42 Å². The molecule has 1 saturated carbocycles. The van der Waals surface area contributed by atoms with Gasteiger partial charge >= 0.3 is 0 Å². The quantitative estimate of drug-likeness (QED) is 0.658. The molecule has 0 unspecified atom stereocenters. The summed E-state index contributed by atoms with van der Waals surface area (Å²) >= 11 is 1.19. The minimum atomic E-state index is -0.148. The van der Waals surface area contributed by atoms with Crippen LogP contribution in [0.25, 0.3) is 0 Å². The van der Waals surface area contributed by atoms with E-state index in [0.29, 0.717) is 17.2 Å². The molecule has 8 nitrogen and oxygen atoms in total. The molecule has 1 aliphatic carbocycles. The lowest BCUT2D eigenvalue weighted by molar-refractivity contribution is -0.132. The first-order valence-electron chi connectivity index (χ1n) is 8.06. The van der Waals surface area contributed by atoms with Crippen molar-refractivity contribution in [2.24, 2.45) is 0 Å². The van der Waals surface area contributed by atoms with Crippen LogP contribution >= 0.6 is 11.8 Å². The first-order chi connectivity index (χ1) is 11.4. The van der Waals surface area contributed by atoms with Crippen molar-refractivity contribution in [1.82, 2.24) is 25.3 Å². The summed E-state index contributed by atoms with van der Waals surface area (Å²) in [5.41, 5.74) is 0. The van der Waals surface area contributed by atoms with Gasteiger partial charge in [-0.1, -0.05) is 18.7 Å². The van der Waals surface area contributed by atoms with Gasteiger partial charge in [0, 0.05) is 13.1 Å². The zero-order chi connectivity index (χ0) is 17.7. The molecule has 2 rings (SSSR count). The molecule has 0 aromatic carbocycles. The number of likely N-dealkylation sites (N-methyl/N-ethyl adjacent to an activating group) is 1. The summed E-state index contributed by atoms with van der Waals surface area (Å²) < 4.78 is 5.62. The van der Waals surface area contributed by atoms with Gasteiger partial charge in [0.15, 0.2) is 0 Å². The summed E-state index contributed by atoms with van der Waals surface area (Å²) in [4.78, 5) is 27.2. The van der Waals surface area contributed by atoms with Crippen LogP contribution in [0.2, 0.25) is 0 Å². The number of carbonyl (C=O) groups excluding carboxylic acids is 2. The maximum absolute atomic E-state index is 12.1. The molecule has 2 amide bonds. The summed E-state index contributed by atoms with van der Waals surface area (Å²) in [5, 5.41) is 11.3. The van der Waals surface area contributed by atoms with Gasteiger partial charge in [-0.3, -0.25) is 14.5 Å². The van der Waals surface area contributed by atoms with E-state index >= 15 is 0 Å². The van der Waals surface area contributed by atoms with Gasteiger partial charge in [0.05, 0.1) is 18.3 Å². The molecular weight excluding hydrogens is 330 g/mol. The highest BCUT2D eigenvalue weighted by Gasteiger charge is 2.24. The van der Waals surface area contributed by atoms with E-state index in [9.17, 15) is 9.59 Å². The van der Waals surface area contributed by atoms with Crippen LogP contribution in [0.3, 0.4) is 0 Å². The molecule has 0 bridgehead atoms. The fourth-order valence-electron chi connectivity index (χ4n) is 2.21. The highest BCUT2D eigenvalue weighted by atomic mass is 32.2. The Labute approximate surface area is 146 Å². The van der Waals surface area contributed by atoms with E-state index in [-0.39, 0.29) is 30.2 Å². The fourth-order valence-corrected chi connectivity index (χ4v) is 2.92. The zero-order valence-corrected chi connectivity index (χ0v) is 15.4. The second-order valence-electron chi connectivity index (χ2n) is 6.17. The minimum Gasteiger partial charge on any atom is -0.414 e. The number of nitrogens with zero attached hydrogens (tertiary/aromatic N) is 4. The van der Waals surface area contributed by atoms with Crippen LogP contribution in [-0.4, -0.2) is 71.3 Å². The molecule has 0 aliphatic heterocycles. The van der Waals surface area contributed by atoms with Gasteiger partial charge in [0.25, 0.3) is 5.22 Å². The van der Waals surface area contributed by atoms with Crippen molar-refractivity contribution in [3.8, 4) is 0 Å². The van der Waals surface area contributed by atoms with Crippen molar-refractivity contribution >= 4 is 23.6 Å². The molecule has 24 heavy (non-hydrogen) atoms. The first-order valence-corrected chi connectivity index (χ1v) is 9.05. The highest BCUT2D eigenvalue weighted by molar-refractivity contribution is 7.99. The Balaban J connectivity index is 1.78. The zero-order valence-electron chi connectivity index (χ0n) is 14.6. The third-order valence-electron chi connectivity index (χ3n) is 3.79. The molecule has 134 valence electrons. The lowest BCUT2D eigenvalue weighted by Crippen LogP contribution is -2.39. The molecule has 9 heteroatoms. The third kappa shape index (κ3) is 5.48. The number of hydrogen-bond acceptors (Lipinski definition) is 7. The van der Waals surface area contributed by atoms with Gasteiger partial charge < -0.3 is 14.6 Å². The van der Waals surface area contributed by atoms with Crippen molar-refractivity contribution in [3.05, 3.63) is 5.89 Å². The molecular formula is C15H25N5O3S. The van der Waals surface area contributed by atoms with Gasteiger partial charge in [-0.25, -0.2) is 0 Å². The van der Waals surface area contributed by atoms with Gasteiger partial charge in [0.2, 0.25) is 17.7 Å². The summed E-state index contributed by atoms with van der Waals surface area (Å²) in [6, 6.07) is 0.367. The Hall–Kier alpha value is -1.61. The molecule has 1 aliphatic rings. The number of hydrogen-bond donors (Lipinski definition) is 1. The van der Waals surface area contributed by atoms with Crippen molar-refractivity contribution in [2.45, 2.75) is 43.5 Å². The molecule has 1 heterocycles. The van der Waals surface area contributed by atoms with Crippen LogP contribution < -0.4 is 5.32 Å². The van der Waals surface area contributed by atoms with Crippen molar-refractivity contribution < 1.29 is 14.0 Å². The smallest absolute Gasteiger partial charge is 0.277 e. The summed E-state index contributed by atoms with van der Waals surface area (Å²) in [6.45, 7) is 2.12. The first kappa shape index (κ1) is 18.7. The predicted molar refractivity (Wildman–Crippen MR) is 90.5 cm³/mol. The van der Waals surface area contributed by atoms with E-state index < -0.39 is 0 Å². The predicted octanol–water partition coefficient (Wildman–Crippen LogP) is 0.911. The standard InChI is InChI=1S/C15H25N5O3S/c1-5-11(19(2)3)14-17-18-15(23-14)24-9-13(22)20(4)8-12(21)16-10-6-7-10/h10-11H,5-9H2,1-4H3,(H,16,21)/t11-/m0/s1. The van der Waals surface area contributed by atoms with Gasteiger partial charge in [-0.15, -0.1) is 10.2 Å². The van der Waals surface area contributed by atoms with Crippen LogP contribution in [0.5, 0.6) is 0 Å². The Bertz CT molecular complexity index is 573. The summed E-state index contributed by atoms with van der Waals surface area (Å²) in [7, 11) is 5.53. The normalized spacial score (nSPS) is 15.4. The van der Waals surface area contributed by atoms with Crippen LogP contribution in [0.15, 0.2) is 9.64 Å². The Morgan fingerprint density at radius 1 is 1.33 bits per heavy atom. The van der Waals surface area contributed by atoms with Crippen LogP contribution in [0.4, 0.5) is 0 Å². The van der Waals surface area contributed by atoms with E-state index in [1.807, 2.05) is 25.9 Å². The number of amides is 2. The monoisotopic (exact) mass is 355 g/mol. The van der Waals surface area contributed by atoms with E-state index in [1.54, 1.807) is 7.05 Å². The van der Waals surface area contributed by atoms with Gasteiger partial charge in [-0.05, 0) is 33.4 Å². The van der Waals surface area contributed by atoms with E-state index in [2.05, 4.69) is 15.5 Å². The summed E-state index contributed by atoms with van der Waals surface area (Å²) in [5.74, 6) is 0.448.